The summed E-state index contributed by atoms with van der Waals surface area (Å²) in [5.74, 6) is 0.608. The molecule has 0 bridgehead atoms. The van der Waals surface area contributed by atoms with Gasteiger partial charge in [0.15, 0.2) is 0 Å². The highest BCUT2D eigenvalue weighted by molar-refractivity contribution is 9.09. The van der Waals surface area contributed by atoms with Crippen LogP contribution < -0.4 is 4.74 Å². The normalized spacial score (nSPS) is 12.4. The summed E-state index contributed by atoms with van der Waals surface area (Å²) in [6, 6.07) is 1.87. The molecule has 0 aliphatic heterocycles. The van der Waals surface area contributed by atoms with E-state index in [9.17, 15) is 0 Å². The van der Waals surface area contributed by atoms with E-state index in [0.29, 0.717) is 5.88 Å². The number of hydrogen-bond donors (Lipinski definition) is 0. The molecule has 0 radical (unpaired) electrons. The lowest BCUT2D eigenvalue weighted by Gasteiger charge is -2.09. The fourth-order valence-electron chi connectivity index (χ4n) is 1.59. The van der Waals surface area contributed by atoms with Crippen molar-refractivity contribution < 1.29 is 4.74 Å². The topological polar surface area (TPSA) is 35.0 Å². The predicted molar refractivity (Wildman–Crippen MR) is 73.0 cm³/mol. The van der Waals surface area contributed by atoms with Gasteiger partial charge in [-0.15, -0.1) is 0 Å². The molecule has 0 aliphatic rings. The Morgan fingerprint density at radius 3 is 2.88 bits per heavy atom. The van der Waals surface area contributed by atoms with Crippen LogP contribution >= 0.6 is 27.3 Å². The third-order valence-corrected chi connectivity index (χ3v) is 4.23. The smallest absolute Gasteiger partial charge is 0.216 e. The molecule has 3 nitrogen and oxygen atoms in total. The first-order valence-electron chi connectivity index (χ1n) is 5.22. The largest absolute Gasteiger partial charge is 0.481 e. The first-order valence-corrected chi connectivity index (χ1v) is 7.08. The summed E-state index contributed by atoms with van der Waals surface area (Å²) in [5, 5.41) is 4.33. The number of hydrogen-bond acceptors (Lipinski definition) is 4. The van der Waals surface area contributed by atoms with Gasteiger partial charge >= 0.3 is 0 Å². The van der Waals surface area contributed by atoms with Gasteiger partial charge in [0.2, 0.25) is 5.88 Å². The second kappa shape index (κ2) is 5.60. The first-order chi connectivity index (χ1) is 8.20. The Kier molecular flexibility index (Phi) is 4.12. The number of nitrogens with zero attached hydrogens (tertiary/aromatic N) is 2. The van der Waals surface area contributed by atoms with Gasteiger partial charge in [0.25, 0.3) is 0 Å². The Bertz CT molecular complexity index is 501. The summed E-state index contributed by atoms with van der Waals surface area (Å²) in [7, 11) is 1.61. The number of methoxy groups -OCH3 is 1. The lowest BCUT2D eigenvalue weighted by molar-refractivity contribution is 0.396. The molecule has 1 unspecified atom stereocenters. The van der Waals surface area contributed by atoms with E-state index in [1.165, 1.54) is 17.5 Å². The fraction of sp³-hybridized carbons (Fsp3) is 0.333. The number of aromatic nitrogens is 2. The van der Waals surface area contributed by atoms with E-state index in [0.717, 1.165) is 12.1 Å². The molecule has 0 saturated heterocycles. The molecule has 0 spiro atoms. The van der Waals surface area contributed by atoms with Crippen LogP contribution in [0.25, 0.3) is 0 Å². The third-order valence-electron chi connectivity index (χ3n) is 2.53. The average Bonchev–Trinajstić information content (AvgIpc) is 2.76. The SMILES string of the molecule is COc1cc(CC(Br)c2cscc2C)ncn1. The van der Waals surface area contributed by atoms with Crippen molar-refractivity contribution in [1.29, 1.82) is 0 Å². The summed E-state index contributed by atoms with van der Waals surface area (Å²) < 4.78 is 5.09. The van der Waals surface area contributed by atoms with Crippen molar-refractivity contribution in [1.82, 2.24) is 9.97 Å². The van der Waals surface area contributed by atoms with Crippen LogP contribution in [0, 0.1) is 6.92 Å². The standard InChI is InChI=1S/C12H13BrN2OS/c1-8-5-17-6-10(8)11(13)3-9-4-12(16-2)15-7-14-9/h4-7,11H,3H2,1-2H3. The zero-order valence-electron chi connectivity index (χ0n) is 9.68. The van der Waals surface area contributed by atoms with E-state index in [2.05, 4.69) is 43.6 Å². The average molecular weight is 313 g/mol. The summed E-state index contributed by atoms with van der Waals surface area (Å²) in [5.41, 5.74) is 3.62. The molecule has 0 saturated carbocycles. The Morgan fingerprint density at radius 2 is 2.24 bits per heavy atom. The number of thiophene rings is 1. The van der Waals surface area contributed by atoms with E-state index in [4.69, 9.17) is 4.74 Å². The van der Waals surface area contributed by atoms with E-state index >= 15 is 0 Å². The summed E-state index contributed by atoms with van der Waals surface area (Å²) in [6.45, 7) is 2.13. The highest BCUT2D eigenvalue weighted by atomic mass is 79.9. The van der Waals surface area contributed by atoms with E-state index in [1.807, 2.05) is 6.07 Å². The highest BCUT2D eigenvalue weighted by Crippen LogP contribution is 2.31. The molecular weight excluding hydrogens is 300 g/mol. The van der Waals surface area contributed by atoms with E-state index in [-0.39, 0.29) is 4.83 Å². The maximum Gasteiger partial charge on any atom is 0.216 e. The zero-order chi connectivity index (χ0) is 12.3. The molecule has 2 aromatic rings. The Morgan fingerprint density at radius 1 is 1.41 bits per heavy atom. The van der Waals surface area contributed by atoms with Crippen LogP contribution in [0.3, 0.4) is 0 Å². The van der Waals surface area contributed by atoms with Gasteiger partial charge < -0.3 is 4.74 Å². The van der Waals surface area contributed by atoms with Crippen molar-refractivity contribution in [2.24, 2.45) is 0 Å². The maximum atomic E-state index is 5.09. The third kappa shape index (κ3) is 3.04. The maximum absolute atomic E-state index is 5.09. The number of halogens is 1. The van der Waals surface area contributed by atoms with Crippen molar-refractivity contribution in [2.45, 2.75) is 18.2 Å². The van der Waals surface area contributed by atoms with Gasteiger partial charge in [-0.05, 0) is 28.8 Å². The second-order valence-electron chi connectivity index (χ2n) is 3.73. The van der Waals surface area contributed by atoms with Gasteiger partial charge in [0.1, 0.15) is 6.33 Å². The van der Waals surface area contributed by atoms with Gasteiger partial charge in [0.05, 0.1) is 7.11 Å². The molecule has 5 heteroatoms. The van der Waals surface area contributed by atoms with Crippen molar-refractivity contribution in [3.05, 3.63) is 40.0 Å². The van der Waals surface area contributed by atoms with Crippen molar-refractivity contribution in [2.75, 3.05) is 7.11 Å². The van der Waals surface area contributed by atoms with Crippen molar-refractivity contribution >= 4 is 27.3 Å². The minimum absolute atomic E-state index is 0.286. The molecular formula is C12H13BrN2OS. The van der Waals surface area contributed by atoms with Gasteiger partial charge in [-0.2, -0.15) is 11.3 Å². The van der Waals surface area contributed by atoms with Crippen molar-refractivity contribution in [3.63, 3.8) is 0 Å². The predicted octanol–water partition coefficient (Wildman–Crippen LogP) is 3.53. The number of rotatable bonds is 4. The van der Waals surface area contributed by atoms with Gasteiger partial charge in [-0.3, -0.25) is 0 Å². The molecule has 0 amide bonds. The molecule has 0 aliphatic carbocycles. The van der Waals surface area contributed by atoms with Crippen LogP contribution in [0.5, 0.6) is 5.88 Å². The molecule has 0 aromatic carbocycles. The minimum Gasteiger partial charge on any atom is -0.481 e. The summed E-state index contributed by atoms with van der Waals surface area (Å²) >= 11 is 5.43. The molecule has 0 fully saturated rings. The Hall–Kier alpha value is -0.940. The molecule has 2 heterocycles. The van der Waals surface area contributed by atoms with Crippen LogP contribution in [0.15, 0.2) is 23.2 Å². The molecule has 90 valence electrons. The van der Waals surface area contributed by atoms with Crippen LogP contribution in [0.4, 0.5) is 0 Å². The van der Waals surface area contributed by atoms with Crippen LogP contribution in [-0.4, -0.2) is 17.1 Å². The molecule has 0 N–H and O–H groups in total. The Labute approximate surface area is 113 Å². The molecule has 17 heavy (non-hydrogen) atoms. The van der Waals surface area contributed by atoms with Crippen LogP contribution in [-0.2, 0) is 6.42 Å². The Balaban J connectivity index is 2.13. The monoisotopic (exact) mass is 312 g/mol. The van der Waals surface area contributed by atoms with E-state index < -0.39 is 0 Å². The van der Waals surface area contributed by atoms with Crippen LogP contribution in [0.2, 0.25) is 0 Å². The van der Waals surface area contributed by atoms with Gasteiger partial charge in [-0.25, -0.2) is 9.97 Å². The lowest BCUT2D eigenvalue weighted by Crippen LogP contribution is -1.99. The van der Waals surface area contributed by atoms with E-state index in [1.54, 1.807) is 18.4 Å². The number of aryl methyl sites for hydroxylation is 1. The molecule has 2 rings (SSSR count). The van der Waals surface area contributed by atoms with Crippen LogP contribution in [0.1, 0.15) is 21.6 Å². The quantitative estimate of drug-likeness (QED) is 0.810. The lowest BCUT2D eigenvalue weighted by atomic mass is 10.1. The zero-order valence-corrected chi connectivity index (χ0v) is 12.1. The summed E-state index contributed by atoms with van der Waals surface area (Å²) in [6.07, 6.45) is 2.37. The second-order valence-corrected chi connectivity index (χ2v) is 5.58. The minimum atomic E-state index is 0.286. The van der Waals surface area contributed by atoms with Gasteiger partial charge in [0, 0.05) is 23.0 Å². The van der Waals surface area contributed by atoms with Gasteiger partial charge in [-0.1, -0.05) is 15.9 Å². The molecule has 2 aromatic heterocycles. The first kappa shape index (κ1) is 12.5. The molecule has 1 atom stereocenters. The number of ether oxygens (including phenoxy) is 1. The summed E-state index contributed by atoms with van der Waals surface area (Å²) in [4.78, 5) is 8.53. The number of alkyl halides is 1. The fourth-order valence-corrected chi connectivity index (χ4v) is 3.49. The van der Waals surface area contributed by atoms with Crippen molar-refractivity contribution in [3.8, 4) is 5.88 Å². The highest BCUT2D eigenvalue weighted by Gasteiger charge is 2.13.